The number of ether oxygens (including phenoxy) is 1. The molecule has 0 spiro atoms. The molecule has 27 heavy (non-hydrogen) atoms. The minimum absolute atomic E-state index is 0.290. The molecule has 2 N–H and O–H groups in total. The smallest absolute Gasteiger partial charge is 0.192 e. The molecule has 1 saturated heterocycles. The third-order valence-electron chi connectivity index (χ3n) is 5.83. The molecule has 0 bridgehead atoms. The Balaban J connectivity index is 1.52. The molecule has 0 aromatic heterocycles. The number of hydrogen-bond acceptors (Lipinski definition) is 2. The Bertz CT molecular complexity index is 768. The van der Waals surface area contributed by atoms with Crippen molar-refractivity contribution in [3.05, 3.63) is 65.7 Å². The lowest BCUT2D eigenvalue weighted by molar-refractivity contribution is 0.271. The molecule has 1 heterocycles. The highest BCUT2D eigenvalue weighted by atomic mass is 16.5. The van der Waals surface area contributed by atoms with Gasteiger partial charge >= 0.3 is 0 Å². The first kappa shape index (κ1) is 17.9. The van der Waals surface area contributed by atoms with Crippen LogP contribution in [0.1, 0.15) is 49.3 Å². The van der Waals surface area contributed by atoms with Crippen molar-refractivity contribution < 1.29 is 4.74 Å². The highest BCUT2D eigenvalue weighted by Gasteiger charge is 2.37. The van der Waals surface area contributed by atoms with Crippen LogP contribution in [0.2, 0.25) is 0 Å². The van der Waals surface area contributed by atoms with Crippen molar-refractivity contribution in [2.24, 2.45) is 10.9 Å². The zero-order chi connectivity index (χ0) is 18.5. The number of methoxy groups -OCH3 is 1. The maximum atomic E-state index is 5.32. The number of aliphatic imine (C=N–C) groups is 1. The van der Waals surface area contributed by atoms with Crippen molar-refractivity contribution in [3.8, 4) is 5.75 Å². The summed E-state index contributed by atoms with van der Waals surface area (Å²) >= 11 is 0. The summed E-state index contributed by atoms with van der Waals surface area (Å²) in [7, 11) is 1.70. The second kappa shape index (κ2) is 8.47. The van der Waals surface area contributed by atoms with Gasteiger partial charge in [-0.2, -0.15) is 0 Å². The third kappa shape index (κ3) is 4.26. The zero-order valence-electron chi connectivity index (χ0n) is 16.0. The predicted octanol–water partition coefficient (Wildman–Crippen LogP) is 4.43. The lowest BCUT2D eigenvalue weighted by Crippen LogP contribution is -2.37. The number of rotatable bonds is 5. The van der Waals surface area contributed by atoms with Gasteiger partial charge < -0.3 is 15.4 Å². The summed E-state index contributed by atoms with van der Waals surface area (Å²) in [5.41, 5.74) is 2.50. The summed E-state index contributed by atoms with van der Waals surface area (Å²) in [4.78, 5) is 4.83. The average molecular weight is 364 g/mol. The van der Waals surface area contributed by atoms with Crippen molar-refractivity contribution in [1.82, 2.24) is 10.6 Å². The highest BCUT2D eigenvalue weighted by Crippen LogP contribution is 2.34. The van der Waals surface area contributed by atoms with Gasteiger partial charge in [0, 0.05) is 0 Å². The normalized spacial score (nSPS) is 24.4. The van der Waals surface area contributed by atoms with Crippen molar-refractivity contribution >= 4 is 5.96 Å². The molecular formula is C23H29N3O. The van der Waals surface area contributed by atoms with Gasteiger partial charge in [-0.05, 0) is 42.0 Å². The molecule has 2 atom stereocenters. The fraction of sp³-hybridized carbons (Fsp3) is 0.435. The molecule has 1 saturated carbocycles. The van der Waals surface area contributed by atoms with Crippen LogP contribution in [0.4, 0.5) is 0 Å². The first-order valence-corrected chi connectivity index (χ1v) is 10.1. The maximum Gasteiger partial charge on any atom is 0.192 e. The number of guanidine groups is 1. The van der Waals surface area contributed by atoms with Gasteiger partial charge in [-0.25, -0.2) is 4.99 Å². The largest absolute Gasteiger partial charge is 0.497 e. The second-order valence-corrected chi connectivity index (χ2v) is 7.62. The molecule has 4 heteroatoms. The van der Waals surface area contributed by atoms with Crippen molar-refractivity contribution in [2.45, 2.75) is 50.7 Å². The fourth-order valence-electron chi connectivity index (χ4n) is 4.39. The van der Waals surface area contributed by atoms with Crippen molar-refractivity contribution in [3.63, 3.8) is 0 Å². The van der Waals surface area contributed by atoms with Gasteiger partial charge in [-0.15, -0.1) is 0 Å². The van der Waals surface area contributed by atoms with E-state index in [1.165, 1.54) is 37.7 Å². The summed E-state index contributed by atoms with van der Waals surface area (Å²) in [6.45, 7) is 0.644. The van der Waals surface area contributed by atoms with E-state index in [0.29, 0.717) is 24.5 Å². The van der Waals surface area contributed by atoms with E-state index in [9.17, 15) is 0 Å². The molecule has 1 aliphatic carbocycles. The summed E-state index contributed by atoms with van der Waals surface area (Å²) in [6.07, 6.45) is 6.70. The molecule has 1 aliphatic heterocycles. The van der Waals surface area contributed by atoms with Gasteiger partial charge in [0.15, 0.2) is 5.96 Å². The molecule has 4 nitrogen and oxygen atoms in total. The quantitative estimate of drug-likeness (QED) is 0.826. The Morgan fingerprint density at radius 2 is 1.78 bits per heavy atom. The number of hydrogen-bond donors (Lipinski definition) is 2. The minimum Gasteiger partial charge on any atom is -0.497 e. The Labute approximate surface area is 162 Å². The molecule has 4 rings (SSSR count). The van der Waals surface area contributed by atoms with Crippen LogP contribution in [0.15, 0.2) is 59.6 Å². The SMILES string of the molecule is COc1cccc(CN=C2N[C@H](c3ccccc3)[C@@H](C3CCCCC3)N2)c1. The molecule has 2 fully saturated rings. The Hall–Kier alpha value is -2.49. The first-order valence-electron chi connectivity index (χ1n) is 10.1. The van der Waals surface area contributed by atoms with Crippen LogP contribution in [0.25, 0.3) is 0 Å². The predicted molar refractivity (Wildman–Crippen MR) is 110 cm³/mol. The lowest BCUT2D eigenvalue weighted by Gasteiger charge is -2.30. The van der Waals surface area contributed by atoms with E-state index in [4.69, 9.17) is 9.73 Å². The fourth-order valence-corrected chi connectivity index (χ4v) is 4.39. The Kier molecular flexibility index (Phi) is 5.61. The molecule has 2 aromatic rings. The van der Waals surface area contributed by atoms with Crippen LogP contribution < -0.4 is 15.4 Å². The van der Waals surface area contributed by atoms with E-state index in [0.717, 1.165) is 17.3 Å². The van der Waals surface area contributed by atoms with Gasteiger partial charge in [0.25, 0.3) is 0 Å². The number of benzene rings is 2. The van der Waals surface area contributed by atoms with Crippen molar-refractivity contribution in [2.75, 3.05) is 7.11 Å². The minimum atomic E-state index is 0.290. The summed E-state index contributed by atoms with van der Waals surface area (Å²) in [6, 6.07) is 19.6. The Morgan fingerprint density at radius 3 is 2.56 bits per heavy atom. The lowest BCUT2D eigenvalue weighted by atomic mass is 9.80. The molecule has 0 amide bonds. The highest BCUT2D eigenvalue weighted by molar-refractivity contribution is 5.83. The topological polar surface area (TPSA) is 45.6 Å². The summed E-state index contributed by atoms with van der Waals surface area (Å²) < 4.78 is 5.32. The number of nitrogens with one attached hydrogen (secondary N) is 2. The molecule has 0 unspecified atom stereocenters. The van der Waals surface area contributed by atoms with Crippen LogP contribution in [0, 0.1) is 5.92 Å². The van der Waals surface area contributed by atoms with E-state index in [1.54, 1.807) is 7.11 Å². The van der Waals surface area contributed by atoms with Gasteiger partial charge in [0.2, 0.25) is 0 Å². The van der Waals surface area contributed by atoms with E-state index < -0.39 is 0 Å². The summed E-state index contributed by atoms with van der Waals surface area (Å²) in [5.74, 6) is 2.51. The van der Waals surface area contributed by atoms with Gasteiger partial charge in [-0.1, -0.05) is 61.7 Å². The third-order valence-corrected chi connectivity index (χ3v) is 5.83. The van der Waals surface area contributed by atoms with E-state index in [1.807, 2.05) is 18.2 Å². The van der Waals surface area contributed by atoms with Crippen LogP contribution in [-0.2, 0) is 6.54 Å². The van der Waals surface area contributed by atoms with E-state index >= 15 is 0 Å². The standard InChI is InChI=1S/C23H29N3O/c1-27-20-14-8-9-17(15-20)16-24-23-25-21(18-10-4-2-5-11-18)22(26-23)19-12-6-3-7-13-19/h2,4-5,8-11,14-15,19,21-22H,3,6-7,12-13,16H2,1H3,(H2,24,25,26)/t21-,22-/m1/s1. The number of nitrogens with zero attached hydrogens (tertiary/aromatic N) is 1. The summed E-state index contributed by atoms with van der Waals surface area (Å²) in [5, 5.41) is 7.38. The van der Waals surface area contributed by atoms with Gasteiger partial charge in [0.1, 0.15) is 5.75 Å². The molecule has 2 aliphatic rings. The van der Waals surface area contributed by atoms with Crippen molar-refractivity contribution in [1.29, 1.82) is 0 Å². The average Bonchev–Trinajstić information content (AvgIpc) is 3.18. The van der Waals surface area contributed by atoms with Crippen LogP contribution in [-0.4, -0.2) is 19.1 Å². The van der Waals surface area contributed by atoms with Gasteiger partial charge in [0.05, 0.1) is 25.7 Å². The second-order valence-electron chi connectivity index (χ2n) is 7.62. The zero-order valence-corrected chi connectivity index (χ0v) is 16.0. The molecule has 0 radical (unpaired) electrons. The molecular weight excluding hydrogens is 334 g/mol. The first-order chi connectivity index (χ1) is 13.3. The van der Waals surface area contributed by atoms with Crippen LogP contribution >= 0.6 is 0 Å². The van der Waals surface area contributed by atoms with Gasteiger partial charge in [-0.3, -0.25) is 0 Å². The monoisotopic (exact) mass is 363 g/mol. The van der Waals surface area contributed by atoms with E-state index in [2.05, 4.69) is 47.0 Å². The van der Waals surface area contributed by atoms with Crippen LogP contribution in [0.3, 0.4) is 0 Å². The Morgan fingerprint density at radius 1 is 0.963 bits per heavy atom. The molecule has 2 aromatic carbocycles. The maximum absolute atomic E-state index is 5.32. The van der Waals surface area contributed by atoms with E-state index in [-0.39, 0.29) is 0 Å². The molecule has 142 valence electrons. The van der Waals surface area contributed by atoms with Crippen LogP contribution in [0.5, 0.6) is 5.75 Å².